The molecular weight excluding hydrogens is 480 g/mol. The highest BCUT2D eigenvalue weighted by atomic mass is 127. The number of rotatable bonds is 5. The number of esters is 1. The normalized spacial score (nSPS) is 11.7. The Morgan fingerprint density at radius 3 is 2.44 bits per heavy atom. The molecule has 0 aromatic heterocycles. The van der Waals surface area contributed by atoms with E-state index in [4.69, 9.17) is 27.9 Å². The van der Waals surface area contributed by atoms with Gasteiger partial charge in [0.25, 0.3) is 5.91 Å². The molecule has 0 saturated heterocycles. The first-order chi connectivity index (χ1) is 11.8. The van der Waals surface area contributed by atoms with Crippen LogP contribution in [0.25, 0.3) is 0 Å². The lowest BCUT2D eigenvalue weighted by Crippen LogP contribution is -2.43. The van der Waals surface area contributed by atoms with Crippen molar-refractivity contribution in [2.24, 2.45) is 0 Å². The first kappa shape index (κ1) is 19.8. The van der Waals surface area contributed by atoms with Crippen LogP contribution >= 0.6 is 45.8 Å². The van der Waals surface area contributed by atoms with Gasteiger partial charge in [-0.15, -0.1) is 0 Å². The molecule has 132 valence electrons. The number of carbonyl (C=O) groups excluding carboxylic acids is 2. The summed E-state index contributed by atoms with van der Waals surface area (Å²) in [6.07, 6.45) is 0.191. The maximum absolute atomic E-state index is 12.5. The highest BCUT2D eigenvalue weighted by molar-refractivity contribution is 14.1. The number of nitrogens with one attached hydrogen (secondary N) is 1. The van der Waals surface area contributed by atoms with Gasteiger partial charge < -0.3 is 15.2 Å². The molecule has 0 saturated carbocycles. The molecule has 0 aliphatic rings. The quantitative estimate of drug-likeness (QED) is 0.490. The van der Waals surface area contributed by atoms with Crippen molar-refractivity contribution in [2.75, 3.05) is 7.11 Å². The maximum atomic E-state index is 12.5. The van der Waals surface area contributed by atoms with Gasteiger partial charge in [0.15, 0.2) is 0 Å². The summed E-state index contributed by atoms with van der Waals surface area (Å²) in [6.45, 7) is 0. The van der Waals surface area contributed by atoms with Crippen LogP contribution in [-0.2, 0) is 16.0 Å². The Labute approximate surface area is 168 Å². The SMILES string of the molecule is COC(=O)[C@H](Cc1ccc(O)c(I)c1)NC(=O)c1c(Cl)cccc1Cl. The number of carbonyl (C=O) groups is 2. The molecule has 5 nitrogen and oxygen atoms in total. The lowest BCUT2D eigenvalue weighted by Gasteiger charge is -2.18. The third-order valence-corrected chi connectivity index (χ3v) is 4.93. The lowest BCUT2D eigenvalue weighted by molar-refractivity contribution is -0.142. The first-order valence-corrected chi connectivity index (χ1v) is 8.97. The molecule has 2 aromatic rings. The van der Waals surface area contributed by atoms with Crippen LogP contribution in [0.1, 0.15) is 15.9 Å². The molecule has 2 aromatic carbocycles. The summed E-state index contributed by atoms with van der Waals surface area (Å²) >= 11 is 14.0. The van der Waals surface area contributed by atoms with Crippen molar-refractivity contribution in [3.8, 4) is 5.75 Å². The second-order valence-corrected chi connectivity index (χ2v) is 7.11. The van der Waals surface area contributed by atoms with Crippen LogP contribution in [0.3, 0.4) is 0 Å². The van der Waals surface area contributed by atoms with Gasteiger partial charge in [-0.25, -0.2) is 4.79 Å². The molecule has 0 unspecified atom stereocenters. The topological polar surface area (TPSA) is 75.6 Å². The fourth-order valence-corrected chi connectivity index (χ4v) is 3.34. The molecule has 0 radical (unpaired) electrons. The van der Waals surface area contributed by atoms with E-state index in [1.807, 2.05) is 22.6 Å². The molecule has 2 rings (SSSR count). The number of ether oxygens (including phenoxy) is 1. The van der Waals surface area contributed by atoms with Crippen molar-refractivity contribution >= 4 is 57.7 Å². The van der Waals surface area contributed by atoms with Crippen molar-refractivity contribution in [3.63, 3.8) is 0 Å². The molecule has 0 aliphatic heterocycles. The zero-order valence-corrected chi connectivity index (χ0v) is 16.7. The second-order valence-electron chi connectivity index (χ2n) is 5.14. The molecule has 0 bridgehead atoms. The smallest absolute Gasteiger partial charge is 0.328 e. The van der Waals surface area contributed by atoms with Crippen molar-refractivity contribution in [1.82, 2.24) is 5.32 Å². The van der Waals surface area contributed by atoms with Gasteiger partial charge >= 0.3 is 5.97 Å². The van der Waals surface area contributed by atoms with Gasteiger partial charge in [0.1, 0.15) is 11.8 Å². The largest absolute Gasteiger partial charge is 0.507 e. The molecular formula is C17H14Cl2INO4. The van der Waals surface area contributed by atoms with Crippen LogP contribution in [-0.4, -0.2) is 30.1 Å². The molecule has 2 N–H and O–H groups in total. The summed E-state index contributed by atoms with van der Waals surface area (Å²) in [6, 6.07) is 8.69. The van der Waals surface area contributed by atoms with E-state index in [1.54, 1.807) is 18.2 Å². The average molecular weight is 494 g/mol. The van der Waals surface area contributed by atoms with Crippen LogP contribution in [0.2, 0.25) is 10.0 Å². The highest BCUT2D eigenvalue weighted by Gasteiger charge is 2.25. The summed E-state index contributed by atoms with van der Waals surface area (Å²) in [5.41, 5.74) is 0.850. The minimum Gasteiger partial charge on any atom is -0.507 e. The minimum absolute atomic E-state index is 0.0972. The Hall–Kier alpha value is -1.51. The summed E-state index contributed by atoms with van der Waals surface area (Å²) in [5.74, 6) is -1.02. The Balaban J connectivity index is 2.24. The summed E-state index contributed by atoms with van der Waals surface area (Å²) in [5, 5.41) is 12.6. The van der Waals surface area contributed by atoms with E-state index in [0.717, 1.165) is 5.56 Å². The van der Waals surface area contributed by atoms with E-state index in [1.165, 1.54) is 25.3 Å². The number of benzene rings is 2. The molecule has 0 heterocycles. The number of hydrogen-bond acceptors (Lipinski definition) is 4. The van der Waals surface area contributed by atoms with Gasteiger partial charge in [-0.2, -0.15) is 0 Å². The molecule has 25 heavy (non-hydrogen) atoms. The molecule has 1 amide bonds. The summed E-state index contributed by atoms with van der Waals surface area (Å²) in [7, 11) is 1.24. The molecule has 0 fully saturated rings. The van der Waals surface area contributed by atoms with E-state index in [9.17, 15) is 14.7 Å². The fraction of sp³-hybridized carbons (Fsp3) is 0.176. The zero-order valence-electron chi connectivity index (χ0n) is 13.1. The van der Waals surface area contributed by atoms with E-state index < -0.39 is 17.9 Å². The standard InChI is InChI=1S/C17H14Cl2INO4/c1-25-17(24)13(8-9-5-6-14(22)12(20)7-9)21-16(23)15-10(18)3-2-4-11(15)19/h2-7,13,22H,8H2,1H3,(H,21,23)/t13-/m0/s1. The van der Waals surface area contributed by atoms with Crippen LogP contribution in [0.5, 0.6) is 5.75 Å². The molecule has 0 aliphatic carbocycles. The van der Waals surface area contributed by atoms with Crippen molar-refractivity contribution < 1.29 is 19.4 Å². The summed E-state index contributed by atoms with van der Waals surface area (Å²) in [4.78, 5) is 24.5. The van der Waals surface area contributed by atoms with E-state index in [-0.39, 0.29) is 27.8 Å². The third kappa shape index (κ3) is 4.99. The van der Waals surface area contributed by atoms with Crippen LogP contribution < -0.4 is 5.32 Å². The maximum Gasteiger partial charge on any atom is 0.328 e. The zero-order chi connectivity index (χ0) is 18.6. The molecule has 1 atom stereocenters. The van der Waals surface area contributed by atoms with Crippen molar-refractivity contribution in [1.29, 1.82) is 0 Å². The molecule has 0 spiro atoms. The van der Waals surface area contributed by atoms with Gasteiger partial charge in [-0.1, -0.05) is 35.3 Å². The number of aromatic hydroxyl groups is 1. The van der Waals surface area contributed by atoms with Gasteiger partial charge in [0.05, 0.1) is 26.3 Å². The van der Waals surface area contributed by atoms with Crippen LogP contribution in [0.15, 0.2) is 36.4 Å². The van der Waals surface area contributed by atoms with Gasteiger partial charge in [0.2, 0.25) is 0 Å². The number of methoxy groups -OCH3 is 1. The third-order valence-electron chi connectivity index (χ3n) is 3.43. The number of phenols is 1. The van der Waals surface area contributed by atoms with Gasteiger partial charge in [-0.05, 0) is 52.4 Å². The van der Waals surface area contributed by atoms with E-state index in [2.05, 4.69) is 5.32 Å². The van der Waals surface area contributed by atoms with Crippen LogP contribution in [0, 0.1) is 3.57 Å². The number of hydrogen-bond donors (Lipinski definition) is 2. The van der Waals surface area contributed by atoms with Gasteiger partial charge in [-0.3, -0.25) is 4.79 Å². The Kier molecular flexibility index (Phi) is 6.92. The Morgan fingerprint density at radius 2 is 1.88 bits per heavy atom. The Morgan fingerprint density at radius 1 is 1.24 bits per heavy atom. The number of amides is 1. The van der Waals surface area contributed by atoms with Crippen molar-refractivity contribution in [3.05, 3.63) is 61.1 Å². The van der Waals surface area contributed by atoms with Crippen LogP contribution in [0.4, 0.5) is 0 Å². The van der Waals surface area contributed by atoms with E-state index in [0.29, 0.717) is 3.57 Å². The summed E-state index contributed by atoms with van der Waals surface area (Å²) < 4.78 is 5.40. The highest BCUT2D eigenvalue weighted by Crippen LogP contribution is 2.25. The van der Waals surface area contributed by atoms with Crippen molar-refractivity contribution in [2.45, 2.75) is 12.5 Å². The lowest BCUT2D eigenvalue weighted by atomic mass is 10.0. The average Bonchev–Trinajstić information content (AvgIpc) is 2.56. The monoisotopic (exact) mass is 493 g/mol. The van der Waals surface area contributed by atoms with E-state index >= 15 is 0 Å². The Bertz CT molecular complexity index is 793. The predicted octanol–water partition coefficient (Wildman–Crippen LogP) is 3.82. The number of phenolic OH excluding ortho intramolecular Hbond substituents is 1. The first-order valence-electron chi connectivity index (χ1n) is 7.13. The molecule has 8 heteroatoms. The second kappa shape index (κ2) is 8.73. The minimum atomic E-state index is -0.926. The van der Waals surface area contributed by atoms with Gasteiger partial charge in [0, 0.05) is 6.42 Å². The number of halogens is 3. The fourth-order valence-electron chi connectivity index (χ4n) is 2.19. The predicted molar refractivity (Wildman–Crippen MR) is 104 cm³/mol.